The van der Waals surface area contributed by atoms with Crippen LogP contribution in [-0.4, -0.2) is 12.2 Å². The summed E-state index contributed by atoms with van der Waals surface area (Å²) >= 11 is 1.16. The summed E-state index contributed by atoms with van der Waals surface area (Å²) in [6, 6.07) is 16.7. The van der Waals surface area contributed by atoms with Crippen LogP contribution in [0.5, 0.6) is 5.75 Å². The molecular weight excluding hydrogens is 348 g/mol. The van der Waals surface area contributed by atoms with E-state index in [9.17, 15) is 10.1 Å². The van der Waals surface area contributed by atoms with Crippen molar-refractivity contribution in [2.45, 2.75) is 10.8 Å². The number of fused-ring (bicyclic) bond motifs is 3. The number of thioether (sulfide) groups is 1. The molecule has 0 fully saturated rings. The molecule has 4 rings (SSSR count). The molecule has 0 aliphatic carbocycles. The summed E-state index contributed by atoms with van der Waals surface area (Å²) in [6.07, 6.45) is 0. The number of hydrogen-bond acceptors (Lipinski definition) is 6. The fraction of sp³-hybridized carbons (Fsp3) is 0.150. The maximum Gasteiger partial charge on any atom is 0.341 e. The maximum absolute atomic E-state index is 12.8. The molecule has 0 spiro atoms. The Bertz CT molecular complexity index is 1130. The first-order valence-corrected chi connectivity index (χ1v) is 8.82. The lowest BCUT2D eigenvalue weighted by molar-refractivity contribution is 0.405. The van der Waals surface area contributed by atoms with Gasteiger partial charge in [-0.15, -0.1) is 0 Å². The van der Waals surface area contributed by atoms with E-state index in [0.717, 1.165) is 17.1 Å². The molecule has 2 atom stereocenters. The van der Waals surface area contributed by atoms with Crippen LogP contribution in [0.4, 0.5) is 0 Å². The monoisotopic (exact) mass is 362 g/mol. The molecule has 0 saturated heterocycles. The minimum Gasteiger partial charge on any atom is -0.496 e. The molecular formula is C20H14N2O3S. The third-order valence-electron chi connectivity index (χ3n) is 4.55. The standard InChI is InChI=1S/C20H14N2O3S/c1-24-14-8-4-2-6-11(14)16-13(10-21)19(22)26-18-12-7-3-5-9-15(12)25-20(23)17(16)18/h2-9,13,16,22H,1H3/t13?,16-/m1/s1. The highest BCUT2D eigenvalue weighted by Gasteiger charge is 2.40. The normalized spacial score (nSPS) is 19.0. The van der Waals surface area contributed by atoms with Crippen molar-refractivity contribution in [1.82, 2.24) is 0 Å². The third-order valence-corrected chi connectivity index (χ3v) is 5.67. The Morgan fingerprint density at radius 2 is 1.92 bits per heavy atom. The second-order valence-corrected chi connectivity index (χ2v) is 6.97. The lowest BCUT2D eigenvalue weighted by atomic mass is 9.81. The SMILES string of the molecule is COc1ccccc1[C@H]1c2c(c3ccccc3oc2=O)SC(=N)C1C#N. The van der Waals surface area contributed by atoms with Crippen LogP contribution in [0.25, 0.3) is 11.0 Å². The van der Waals surface area contributed by atoms with Gasteiger partial charge >= 0.3 is 5.63 Å². The van der Waals surface area contributed by atoms with Crippen molar-refractivity contribution < 1.29 is 9.15 Å². The van der Waals surface area contributed by atoms with Gasteiger partial charge in [-0.2, -0.15) is 5.26 Å². The Labute approximate surface area is 153 Å². The van der Waals surface area contributed by atoms with Gasteiger partial charge in [0.2, 0.25) is 0 Å². The summed E-state index contributed by atoms with van der Waals surface area (Å²) in [6.45, 7) is 0. The van der Waals surface area contributed by atoms with Gasteiger partial charge in [-0.25, -0.2) is 4.79 Å². The van der Waals surface area contributed by atoms with Crippen LogP contribution in [0.3, 0.4) is 0 Å². The van der Waals surface area contributed by atoms with Crippen molar-refractivity contribution in [2.24, 2.45) is 5.92 Å². The van der Waals surface area contributed by atoms with Crippen molar-refractivity contribution in [3.8, 4) is 11.8 Å². The summed E-state index contributed by atoms with van der Waals surface area (Å²) in [5, 5.41) is 19.1. The van der Waals surface area contributed by atoms with Gasteiger partial charge in [0.05, 0.1) is 23.8 Å². The molecule has 1 unspecified atom stereocenters. The van der Waals surface area contributed by atoms with Crippen LogP contribution < -0.4 is 10.4 Å². The first-order valence-electron chi connectivity index (χ1n) is 8.00. The van der Waals surface area contributed by atoms with Gasteiger partial charge in [0.1, 0.15) is 17.3 Å². The first kappa shape index (κ1) is 16.4. The highest BCUT2D eigenvalue weighted by atomic mass is 32.2. The van der Waals surface area contributed by atoms with Crippen LogP contribution in [-0.2, 0) is 0 Å². The average molecular weight is 362 g/mol. The maximum atomic E-state index is 12.8. The van der Waals surface area contributed by atoms with E-state index in [1.807, 2.05) is 30.3 Å². The molecule has 0 amide bonds. The predicted molar refractivity (Wildman–Crippen MR) is 100 cm³/mol. The molecule has 2 aromatic carbocycles. The van der Waals surface area contributed by atoms with Gasteiger partial charge in [-0.1, -0.05) is 48.2 Å². The predicted octanol–water partition coefficient (Wildman–Crippen LogP) is 4.16. The Balaban J connectivity index is 2.09. The minimum atomic E-state index is -0.770. The summed E-state index contributed by atoms with van der Waals surface area (Å²) in [4.78, 5) is 13.5. The Hall–Kier alpha value is -3.04. The van der Waals surface area contributed by atoms with E-state index in [1.54, 1.807) is 25.3 Å². The first-order chi connectivity index (χ1) is 12.7. The second-order valence-electron chi connectivity index (χ2n) is 5.92. The molecule has 26 heavy (non-hydrogen) atoms. The zero-order valence-corrected chi connectivity index (χ0v) is 14.7. The Morgan fingerprint density at radius 1 is 1.19 bits per heavy atom. The largest absolute Gasteiger partial charge is 0.496 e. The van der Waals surface area contributed by atoms with Crippen molar-refractivity contribution in [2.75, 3.05) is 7.11 Å². The molecule has 128 valence electrons. The van der Waals surface area contributed by atoms with Crippen LogP contribution in [0, 0.1) is 22.7 Å². The van der Waals surface area contributed by atoms with Crippen molar-refractivity contribution >= 4 is 27.8 Å². The number of rotatable bonds is 2. The van der Waals surface area contributed by atoms with Crippen LogP contribution in [0.15, 0.2) is 62.6 Å². The zero-order chi connectivity index (χ0) is 18.3. The van der Waals surface area contributed by atoms with Crippen LogP contribution in [0.2, 0.25) is 0 Å². The van der Waals surface area contributed by atoms with Gasteiger partial charge in [-0.05, 0) is 12.1 Å². The molecule has 0 bridgehead atoms. The van der Waals surface area contributed by atoms with Gasteiger partial charge in [-0.3, -0.25) is 5.41 Å². The topological polar surface area (TPSA) is 87.1 Å². The molecule has 1 aliphatic heterocycles. The van der Waals surface area contributed by atoms with E-state index in [1.165, 1.54) is 0 Å². The van der Waals surface area contributed by atoms with E-state index < -0.39 is 17.5 Å². The summed E-state index contributed by atoms with van der Waals surface area (Å²) in [5.74, 6) is -0.801. The van der Waals surface area contributed by atoms with Crippen LogP contribution >= 0.6 is 11.8 Å². The highest BCUT2D eigenvalue weighted by molar-refractivity contribution is 8.14. The lowest BCUT2D eigenvalue weighted by Crippen LogP contribution is -2.29. The Morgan fingerprint density at radius 3 is 2.69 bits per heavy atom. The molecule has 0 saturated carbocycles. The van der Waals surface area contributed by atoms with Gasteiger partial charge < -0.3 is 9.15 Å². The number of methoxy groups -OCH3 is 1. The summed E-state index contributed by atoms with van der Waals surface area (Å²) in [7, 11) is 1.55. The third kappa shape index (κ3) is 2.40. The molecule has 2 heterocycles. The number of para-hydroxylation sites is 2. The fourth-order valence-corrected chi connectivity index (χ4v) is 4.53. The molecule has 6 heteroatoms. The number of ether oxygens (including phenoxy) is 1. The zero-order valence-electron chi connectivity index (χ0n) is 13.9. The quantitative estimate of drug-likeness (QED) is 0.692. The van der Waals surface area contributed by atoms with E-state index in [0.29, 0.717) is 27.4 Å². The van der Waals surface area contributed by atoms with Crippen molar-refractivity contribution in [3.63, 3.8) is 0 Å². The number of hydrogen-bond donors (Lipinski definition) is 1. The van der Waals surface area contributed by atoms with E-state index in [-0.39, 0.29) is 5.04 Å². The summed E-state index contributed by atoms with van der Waals surface area (Å²) in [5.41, 5.74) is 1.12. The fourth-order valence-electron chi connectivity index (χ4n) is 3.40. The van der Waals surface area contributed by atoms with Crippen molar-refractivity contribution in [3.05, 3.63) is 70.1 Å². The highest BCUT2D eigenvalue weighted by Crippen LogP contribution is 2.48. The van der Waals surface area contributed by atoms with Crippen molar-refractivity contribution in [1.29, 1.82) is 10.7 Å². The molecule has 3 aromatic rings. The molecule has 1 aromatic heterocycles. The number of nitrogens with one attached hydrogen (secondary N) is 1. The molecule has 0 radical (unpaired) electrons. The van der Waals surface area contributed by atoms with Gasteiger partial charge in [0, 0.05) is 21.8 Å². The average Bonchev–Trinajstić information content (AvgIpc) is 2.67. The number of nitrogens with zero attached hydrogens (tertiary/aromatic N) is 1. The molecule has 5 nitrogen and oxygen atoms in total. The van der Waals surface area contributed by atoms with E-state index in [2.05, 4.69) is 6.07 Å². The Kier molecular flexibility index (Phi) is 4.02. The van der Waals surface area contributed by atoms with Gasteiger partial charge in [0.25, 0.3) is 0 Å². The number of nitriles is 1. The molecule has 1 N–H and O–H groups in total. The molecule has 1 aliphatic rings. The van der Waals surface area contributed by atoms with E-state index >= 15 is 0 Å². The van der Waals surface area contributed by atoms with Gasteiger partial charge in [0.15, 0.2) is 0 Å². The summed E-state index contributed by atoms with van der Waals surface area (Å²) < 4.78 is 11.0. The van der Waals surface area contributed by atoms with Crippen LogP contribution in [0.1, 0.15) is 17.0 Å². The number of benzene rings is 2. The lowest BCUT2D eigenvalue weighted by Gasteiger charge is -2.30. The second kappa shape index (κ2) is 6.36. The van der Waals surface area contributed by atoms with E-state index in [4.69, 9.17) is 14.6 Å². The minimum absolute atomic E-state index is 0.214. The smallest absolute Gasteiger partial charge is 0.341 e.